The lowest BCUT2D eigenvalue weighted by Crippen LogP contribution is -2.35. The molecule has 2 aromatic rings. The van der Waals surface area contributed by atoms with Crippen LogP contribution in [-0.2, 0) is 23.0 Å². The highest BCUT2D eigenvalue weighted by atomic mass is 32.2. The molecule has 1 aromatic heterocycles. The van der Waals surface area contributed by atoms with Gasteiger partial charge in [-0.15, -0.1) is 11.3 Å². The van der Waals surface area contributed by atoms with Gasteiger partial charge < -0.3 is 9.64 Å². The predicted molar refractivity (Wildman–Crippen MR) is 113 cm³/mol. The summed E-state index contributed by atoms with van der Waals surface area (Å²) in [5.74, 6) is 0. The van der Waals surface area contributed by atoms with E-state index in [1.807, 2.05) is 19.1 Å². The van der Waals surface area contributed by atoms with Crippen LogP contribution in [0.4, 0.5) is 0 Å². The highest BCUT2D eigenvalue weighted by Gasteiger charge is 2.29. The highest BCUT2D eigenvalue weighted by molar-refractivity contribution is 7.89. The number of nitrogens with zero attached hydrogens (tertiary/aromatic N) is 2. The molecule has 5 nitrogen and oxygen atoms in total. The summed E-state index contributed by atoms with van der Waals surface area (Å²) < 4.78 is 33.5. The van der Waals surface area contributed by atoms with Gasteiger partial charge in [0.05, 0.1) is 11.5 Å². The Balaban J connectivity index is 1.36. The minimum absolute atomic E-state index is 0.379. The number of hydrogen-bond donors (Lipinski definition) is 0. The number of hydrogen-bond acceptors (Lipinski definition) is 5. The van der Waals surface area contributed by atoms with Gasteiger partial charge in [0.15, 0.2) is 5.06 Å². The Morgan fingerprint density at radius 3 is 2.75 bits per heavy atom. The van der Waals surface area contributed by atoms with Crippen LogP contribution in [0.2, 0.25) is 0 Å². The van der Waals surface area contributed by atoms with Gasteiger partial charge in [0.25, 0.3) is 0 Å². The zero-order chi connectivity index (χ0) is 19.6. The molecule has 1 fully saturated rings. The van der Waals surface area contributed by atoms with Crippen LogP contribution >= 0.6 is 11.3 Å². The van der Waals surface area contributed by atoms with Crippen LogP contribution in [0.1, 0.15) is 35.3 Å². The fourth-order valence-corrected chi connectivity index (χ4v) is 6.51. The lowest BCUT2D eigenvalue weighted by atomic mass is 10.1. The van der Waals surface area contributed by atoms with Crippen molar-refractivity contribution in [3.8, 4) is 5.06 Å². The molecule has 0 unspecified atom stereocenters. The molecule has 2 aliphatic rings. The number of likely N-dealkylation sites (tertiary alicyclic amines) is 1. The van der Waals surface area contributed by atoms with E-state index in [0.717, 1.165) is 42.2 Å². The Kier molecular flexibility index (Phi) is 6.06. The molecule has 0 atom stereocenters. The van der Waals surface area contributed by atoms with Gasteiger partial charge in [-0.05, 0) is 75.0 Å². The van der Waals surface area contributed by atoms with E-state index in [1.54, 1.807) is 33.8 Å². The van der Waals surface area contributed by atoms with Crippen molar-refractivity contribution in [3.63, 3.8) is 0 Å². The summed E-state index contributed by atoms with van der Waals surface area (Å²) >= 11 is 1.67. The molecule has 0 spiro atoms. The van der Waals surface area contributed by atoms with Crippen molar-refractivity contribution in [2.45, 2.75) is 44.0 Å². The minimum Gasteiger partial charge on any atom is -0.484 e. The monoisotopic (exact) mass is 420 g/mol. The zero-order valence-corrected chi connectivity index (χ0v) is 18.0. The van der Waals surface area contributed by atoms with Crippen LogP contribution < -0.4 is 4.74 Å². The van der Waals surface area contributed by atoms with E-state index < -0.39 is 10.0 Å². The van der Waals surface area contributed by atoms with Gasteiger partial charge in [0.1, 0.15) is 0 Å². The van der Waals surface area contributed by atoms with Gasteiger partial charge >= 0.3 is 0 Å². The van der Waals surface area contributed by atoms with E-state index in [9.17, 15) is 8.42 Å². The number of sulfonamides is 1. The van der Waals surface area contributed by atoms with Gasteiger partial charge in [-0.25, -0.2) is 8.42 Å². The molecule has 0 bridgehead atoms. The molecule has 28 heavy (non-hydrogen) atoms. The number of rotatable bonds is 7. The Hall–Kier alpha value is -1.41. The maximum absolute atomic E-state index is 13.0. The Morgan fingerprint density at radius 1 is 1.14 bits per heavy atom. The summed E-state index contributed by atoms with van der Waals surface area (Å²) in [6, 6.07) is 9.18. The fraction of sp³-hybridized carbons (Fsp3) is 0.524. The van der Waals surface area contributed by atoms with Crippen molar-refractivity contribution in [3.05, 3.63) is 46.3 Å². The van der Waals surface area contributed by atoms with Crippen LogP contribution in [-0.4, -0.2) is 50.4 Å². The lowest BCUT2D eigenvalue weighted by molar-refractivity contribution is 0.267. The number of thiophene rings is 1. The van der Waals surface area contributed by atoms with Gasteiger partial charge in [-0.1, -0.05) is 12.1 Å². The topological polar surface area (TPSA) is 49.9 Å². The molecule has 0 saturated carbocycles. The molecule has 152 valence electrons. The summed E-state index contributed by atoms with van der Waals surface area (Å²) in [6.07, 6.45) is 4.43. The standard InChI is InChI=1S/C21H28N2O3S2/c1-17-6-4-7-19(14-17)28(24,25)23-12-8-20-18(16-23)15-21(27-20)26-13-5-11-22-9-2-3-10-22/h4,6-7,14-15H,2-3,5,8-13,16H2,1H3. The molecule has 4 rings (SSSR count). The molecule has 7 heteroatoms. The van der Waals surface area contributed by atoms with Gasteiger partial charge in [-0.3, -0.25) is 0 Å². The van der Waals surface area contributed by atoms with Crippen molar-refractivity contribution < 1.29 is 13.2 Å². The summed E-state index contributed by atoms with van der Waals surface area (Å²) in [7, 11) is -3.46. The maximum atomic E-state index is 13.0. The number of fused-ring (bicyclic) bond motifs is 1. The quantitative estimate of drug-likeness (QED) is 0.642. The van der Waals surface area contributed by atoms with Crippen LogP contribution in [0.25, 0.3) is 0 Å². The Bertz CT molecular complexity index is 917. The second kappa shape index (κ2) is 8.53. The molecular formula is C21H28N2O3S2. The summed E-state index contributed by atoms with van der Waals surface area (Å²) in [5, 5.41) is 0.918. The van der Waals surface area contributed by atoms with E-state index in [2.05, 4.69) is 4.90 Å². The molecule has 3 heterocycles. The molecule has 0 radical (unpaired) electrons. The first-order valence-electron chi connectivity index (χ1n) is 10.1. The SMILES string of the molecule is Cc1cccc(S(=O)(=O)N2CCc3sc(OCCCN4CCCC4)cc3C2)c1. The average molecular weight is 421 g/mol. The first-order valence-corrected chi connectivity index (χ1v) is 12.3. The third-order valence-corrected chi connectivity index (χ3v) is 8.49. The fourth-order valence-electron chi connectivity index (χ4n) is 3.95. The molecular weight excluding hydrogens is 392 g/mol. The average Bonchev–Trinajstić information content (AvgIpc) is 3.34. The first-order chi connectivity index (χ1) is 13.5. The van der Waals surface area contributed by atoms with Crippen molar-refractivity contribution in [2.75, 3.05) is 32.8 Å². The van der Waals surface area contributed by atoms with Crippen molar-refractivity contribution >= 4 is 21.4 Å². The molecule has 0 amide bonds. The van der Waals surface area contributed by atoms with Crippen molar-refractivity contribution in [2.24, 2.45) is 0 Å². The van der Waals surface area contributed by atoms with E-state index in [0.29, 0.717) is 18.0 Å². The van der Waals surface area contributed by atoms with Gasteiger partial charge in [0, 0.05) is 24.5 Å². The largest absolute Gasteiger partial charge is 0.484 e. The van der Waals surface area contributed by atoms with Crippen LogP contribution in [0.3, 0.4) is 0 Å². The lowest BCUT2D eigenvalue weighted by Gasteiger charge is -2.26. The zero-order valence-electron chi connectivity index (χ0n) is 16.4. The Labute approximate surface area is 172 Å². The maximum Gasteiger partial charge on any atom is 0.243 e. The predicted octanol–water partition coefficient (Wildman–Crippen LogP) is 3.67. The molecule has 1 saturated heterocycles. The minimum atomic E-state index is -3.46. The number of ether oxygens (including phenoxy) is 1. The van der Waals surface area contributed by atoms with E-state index in [-0.39, 0.29) is 0 Å². The van der Waals surface area contributed by atoms with Crippen LogP contribution in [0.5, 0.6) is 5.06 Å². The van der Waals surface area contributed by atoms with Crippen LogP contribution in [0, 0.1) is 6.92 Å². The first kappa shape index (κ1) is 19.9. The number of benzene rings is 1. The molecule has 0 N–H and O–H groups in total. The van der Waals surface area contributed by atoms with Gasteiger partial charge in [-0.2, -0.15) is 4.31 Å². The molecule has 1 aromatic carbocycles. The Morgan fingerprint density at radius 2 is 1.96 bits per heavy atom. The summed E-state index contributed by atoms with van der Waals surface area (Å²) in [6.45, 7) is 7.14. The molecule has 0 aliphatic carbocycles. The normalized spacial score (nSPS) is 18.3. The number of aryl methyl sites for hydroxylation is 1. The summed E-state index contributed by atoms with van der Waals surface area (Å²) in [5.41, 5.74) is 2.04. The smallest absolute Gasteiger partial charge is 0.243 e. The highest BCUT2D eigenvalue weighted by Crippen LogP contribution is 2.35. The van der Waals surface area contributed by atoms with E-state index >= 15 is 0 Å². The third-order valence-electron chi connectivity index (χ3n) is 5.50. The second-order valence-corrected chi connectivity index (χ2v) is 10.7. The molecule has 2 aliphatic heterocycles. The van der Waals surface area contributed by atoms with Crippen molar-refractivity contribution in [1.82, 2.24) is 9.21 Å². The van der Waals surface area contributed by atoms with E-state index in [1.165, 1.54) is 30.8 Å². The van der Waals surface area contributed by atoms with E-state index in [4.69, 9.17) is 4.74 Å². The second-order valence-electron chi connectivity index (χ2n) is 7.67. The third kappa shape index (κ3) is 4.43. The van der Waals surface area contributed by atoms with Crippen molar-refractivity contribution in [1.29, 1.82) is 0 Å². The summed E-state index contributed by atoms with van der Waals surface area (Å²) in [4.78, 5) is 4.13. The van der Waals surface area contributed by atoms with Crippen LogP contribution in [0.15, 0.2) is 35.2 Å². The van der Waals surface area contributed by atoms with Gasteiger partial charge in [0.2, 0.25) is 10.0 Å².